The van der Waals surface area contributed by atoms with Gasteiger partial charge in [0.2, 0.25) is 0 Å². The fourth-order valence-corrected chi connectivity index (χ4v) is 1.97. The first-order valence-electron chi connectivity index (χ1n) is 5.16. The molecule has 1 aliphatic rings. The van der Waals surface area contributed by atoms with E-state index in [1.54, 1.807) is 0 Å². The maximum Gasteiger partial charge on any atom is 0.125 e. The largest absolute Gasteiger partial charge is 0.334 e. The summed E-state index contributed by atoms with van der Waals surface area (Å²) in [5.41, 5.74) is 0. The van der Waals surface area contributed by atoms with E-state index in [1.807, 2.05) is 6.20 Å². The van der Waals surface area contributed by atoms with Crippen LogP contribution in [-0.4, -0.2) is 16.1 Å². The minimum atomic E-state index is 0.490. The van der Waals surface area contributed by atoms with Gasteiger partial charge in [-0.2, -0.15) is 0 Å². The molecule has 1 saturated heterocycles. The number of piperidine rings is 1. The van der Waals surface area contributed by atoms with Crippen molar-refractivity contribution in [2.45, 2.75) is 38.8 Å². The normalized spacial score (nSPS) is 23.3. The van der Waals surface area contributed by atoms with Crippen molar-refractivity contribution in [1.82, 2.24) is 14.9 Å². The van der Waals surface area contributed by atoms with E-state index in [-0.39, 0.29) is 0 Å². The first kappa shape index (κ1) is 8.75. The molecule has 1 aliphatic heterocycles. The lowest BCUT2D eigenvalue weighted by Gasteiger charge is -2.23. The molecule has 0 amide bonds. The Kier molecular flexibility index (Phi) is 2.64. The topological polar surface area (TPSA) is 29.9 Å². The third-order valence-corrected chi connectivity index (χ3v) is 2.71. The second kappa shape index (κ2) is 3.92. The summed E-state index contributed by atoms with van der Waals surface area (Å²) in [6, 6.07) is 0.490. The number of nitrogens with zero attached hydrogens (tertiary/aromatic N) is 2. The van der Waals surface area contributed by atoms with E-state index in [9.17, 15) is 0 Å². The molecule has 2 rings (SSSR count). The molecule has 2 heterocycles. The van der Waals surface area contributed by atoms with Gasteiger partial charge < -0.3 is 9.88 Å². The van der Waals surface area contributed by atoms with Crippen molar-refractivity contribution in [2.24, 2.45) is 0 Å². The Balaban J connectivity index is 2.13. The monoisotopic (exact) mass is 179 g/mol. The van der Waals surface area contributed by atoms with Gasteiger partial charge in [0.1, 0.15) is 5.82 Å². The highest BCUT2D eigenvalue weighted by atomic mass is 15.1. The Morgan fingerprint density at radius 1 is 1.62 bits per heavy atom. The quantitative estimate of drug-likeness (QED) is 0.749. The minimum Gasteiger partial charge on any atom is -0.334 e. The maximum atomic E-state index is 4.41. The predicted molar refractivity (Wildman–Crippen MR) is 52.5 cm³/mol. The third kappa shape index (κ3) is 1.75. The molecule has 1 aromatic rings. The number of aromatic nitrogens is 2. The molecule has 3 nitrogen and oxygen atoms in total. The van der Waals surface area contributed by atoms with E-state index in [1.165, 1.54) is 25.1 Å². The van der Waals surface area contributed by atoms with Gasteiger partial charge in [0, 0.05) is 18.9 Å². The summed E-state index contributed by atoms with van der Waals surface area (Å²) in [5.74, 6) is 1.21. The van der Waals surface area contributed by atoms with E-state index in [2.05, 4.69) is 28.0 Å². The van der Waals surface area contributed by atoms with Crippen LogP contribution in [0.15, 0.2) is 12.4 Å². The average Bonchev–Trinajstić information content (AvgIpc) is 2.67. The number of hydrogen-bond donors (Lipinski definition) is 1. The molecule has 13 heavy (non-hydrogen) atoms. The molecule has 0 aromatic carbocycles. The molecular formula is C10H17N3. The standard InChI is InChI=1S/C10H17N3/c1-2-13-8-7-12-10(13)9-5-3-4-6-11-9/h7-9,11H,2-6H2,1H3/t9-/m1/s1. The summed E-state index contributed by atoms with van der Waals surface area (Å²) in [5, 5.41) is 3.51. The van der Waals surface area contributed by atoms with Crippen molar-refractivity contribution in [3.05, 3.63) is 18.2 Å². The fourth-order valence-electron chi connectivity index (χ4n) is 1.97. The van der Waals surface area contributed by atoms with Crippen molar-refractivity contribution in [3.8, 4) is 0 Å². The molecule has 0 saturated carbocycles. The van der Waals surface area contributed by atoms with E-state index in [0.29, 0.717) is 6.04 Å². The van der Waals surface area contributed by atoms with E-state index in [4.69, 9.17) is 0 Å². The minimum absolute atomic E-state index is 0.490. The van der Waals surface area contributed by atoms with Crippen molar-refractivity contribution in [3.63, 3.8) is 0 Å². The van der Waals surface area contributed by atoms with Gasteiger partial charge in [-0.25, -0.2) is 4.98 Å². The highest BCUT2D eigenvalue weighted by Crippen LogP contribution is 2.21. The van der Waals surface area contributed by atoms with Crippen LogP contribution in [0.3, 0.4) is 0 Å². The van der Waals surface area contributed by atoms with Crippen LogP contribution in [0.25, 0.3) is 0 Å². The van der Waals surface area contributed by atoms with Crippen LogP contribution < -0.4 is 5.32 Å². The van der Waals surface area contributed by atoms with Gasteiger partial charge in [-0.15, -0.1) is 0 Å². The van der Waals surface area contributed by atoms with Gasteiger partial charge in [0.15, 0.2) is 0 Å². The maximum absolute atomic E-state index is 4.41. The molecule has 1 aromatic heterocycles. The number of nitrogens with one attached hydrogen (secondary N) is 1. The number of hydrogen-bond acceptors (Lipinski definition) is 2. The zero-order chi connectivity index (χ0) is 9.10. The van der Waals surface area contributed by atoms with E-state index >= 15 is 0 Å². The Bertz CT molecular complexity index is 261. The van der Waals surface area contributed by atoms with Crippen LogP contribution in [-0.2, 0) is 6.54 Å². The summed E-state index contributed by atoms with van der Waals surface area (Å²) in [6.07, 6.45) is 7.83. The third-order valence-electron chi connectivity index (χ3n) is 2.71. The van der Waals surface area contributed by atoms with Crippen molar-refractivity contribution >= 4 is 0 Å². The van der Waals surface area contributed by atoms with Gasteiger partial charge in [-0.1, -0.05) is 6.42 Å². The Morgan fingerprint density at radius 3 is 3.23 bits per heavy atom. The van der Waals surface area contributed by atoms with Gasteiger partial charge in [0.25, 0.3) is 0 Å². The zero-order valence-electron chi connectivity index (χ0n) is 8.16. The molecule has 72 valence electrons. The Labute approximate surface area is 79.2 Å². The lowest BCUT2D eigenvalue weighted by atomic mass is 10.0. The number of imidazole rings is 1. The molecule has 1 fully saturated rings. The molecule has 0 aliphatic carbocycles. The summed E-state index contributed by atoms with van der Waals surface area (Å²) in [7, 11) is 0. The second-order valence-electron chi connectivity index (χ2n) is 3.57. The van der Waals surface area contributed by atoms with Crippen LogP contribution in [0, 0.1) is 0 Å². The Morgan fingerprint density at radius 2 is 2.54 bits per heavy atom. The molecule has 0 spiro atoms. The zero-order valence-corrected chi connectivity index (χ0v) is 8.16. The highest BCUT2D eigenvalue weighted by Gasteiger charge is 2.18. The first-order valence-corrected chi connectivity index (χ1v) is 5.16. The van der Waals surface area contributed by atoms with Gasteiger partial charge >= 0.3 is 0 Å². The molecule has 0 bridgehead atoms. The molecule has 3 heteroatoms. The molecule has 0 unspecified atom stereocenters. The summed E-state index contributed by atoms with van der Waals surface area (Å²) >= 11 is 0. The van der Waals surface area contributed by atoms with Crippen LogP contribution in [0.5, 0.6) is 0 Å². The second-order valence-corrected chi connectivity index (χ2v) is 3.57. The first-order chi connectivity index (χ1) is 6.42. The van der Waals surface area contributed by atoms with Crippen molar-refractivity contribution in [2.75, 3.05) is 6.54 Å². The van der Waals surface area contributed by atoms with Gasteiger partial charge in [0.05, 0.1) is 6.04 Å². The van der Waals surface area contributed by atoms with Crippen LogP contribution in [0.2, 0.25) is 0 Å². The number of aryl methyl sites for hydroxylation is 1. The lowest BCUT2D eigenvalue weighted by molar-refractivity contribution is 0.386. The van der Waals surface area contributed by atoms with Gasteiger partial charge in [-0.05, 0) is 26.3 Å². The summed E-state index contributed by atoms with van der Waals surface area (Å²) in [4.78, 5) is 4.41. The SMILES string of the molecule is CCn1ccnc1[C@H]1CCCCN1. The summed E-state index contributed by atoms with van der Waals surface area (Å²) in [6.45, 7) is 4.32. The molecular weight excluding hydrogens is 162 g/mol. The Hall–Kier alpha value is -0.830. The van der Waals surface area contributed by atoms with Crippen LogP contribution >= 0.6 is 0 Å². The predicted octanol–water partition coefficient (Wildman–Crippen LogP) is 1.72. The molecule has 0 radical (unpaired) electrons. The van der Waals surface area contributed by atoms with E-state index in [0.717, 1.165) is 13.1 Å². The smallest absolute Gasteiger partial charge is 0.125 e. The average molecular weight is 179 g/mol. The van der Waals surface area contributed by atoms with Crippen LogP contribution in [0.1, 0.15) is 38.1 Å². The lowest BCUT2D eigenvalue weighted by Crippen LogP contribution is -2.29. The van der Waals surface area contributed by atoms with E-state index < -0.39 is 0 Å². The molecule has 1 atom stereocenters. The fraction of sp³-hybridized carbons (Fsp3) is 0.700. The highest BCUT2D eigenvalue weighted by molar-refractivity contribution is 5.00. The summed E-state index contributed by atoms with van der Waals surface area (Å²) < 4.78 is 2.23. The number of rotatable bonds is 2. The van der Waals surface area contributed by atoms with Crippen molar-refractivity contribution < 1.29 is 0 Å². The van der Waals surface area contributed by atoms with Crippen molar-refractivity contribution in [1.29, 1.82) is 0 Å². The van der Waals surface area contributed by atoms with Crippen LogP contribution in [0.4, 0.5) is 0 Å². The van der Waals surface area contributed by atoms with Gasteiger partial charge in [-0.3, -0.25) is 0 Å². The molecule has 1 N–H and O–H groups in total.